The maximum absolute atomic E-state index is 5.89. The van der Waals surface area contributed by atoms with Crippen molar-refractivity contribution in [3.63, 3.8) is 0 Å². The highest BCUT2D eigenvalue weighted by Gasteiger charge is 2.25. The third-order valence-corrected chi connectivity index (χ3v) is 3.47. The number of hydrogen-bond acceptors (Lipinski definition) is 0. The minimum absolute atomic E-state index is 0.756. The van der Waals surface area contributed by atoms with Gasteiger partial charge in [-0.05, 0) is 44.4 Å². The Morgan fingerprint density at radius 2 is 2.00 bits per heavy atom. The Kier molecular flexibility index (Phi) is 2.22. The molecule has 0 aromatic carbocycles. The fourth-order valence-electron chi connectivity index (χ4n) is 2.46. The lowest BCUT2D eigenvalue weighted by Crippen LogP contribution is -2.03. The molecule has 1 unspecified atom stereocenters. The van der Waals surface area contributed by atoms with Crippen molar-refractivity contribution >= 4 is 11.6 Å². The van der Waals surface area contributed by atoms with E-state index in [9.17, 15) is 0 Å². The molecule has 1 atom stereocenters. The van der Waals surface area contributed by atoms with Gasteiger partial charge < -0.3 is 0 Å². The molecular formula is C10H15Cl. The fraction of sp³-hybridized carbons (Fsp3) is 0.800. The molecule has 0 amide bonds. The molecule has 0 fully saturated rings. The monoisotopic (exact) mass is 170 g/mol. The van der Waals surface area contributed by atoms with Gasteiger partial charge in [0, 0.05) is 5.88 Å². The van der Waals surface area contributed by atoms with Gasteiger partial charge in [0.15, 0.2) is 0 Å². The predicted molar refractivity (Wildman–Crippen MR) is 48.9 cm³/mol. The highest BCUT2D eigenvalue weighted by atomic mass is 35.5. The van der Waals surface area contributed by atoms with E-state index in [1.807, 2.05) is 0 Å². The molecule has 0 saturated heterocycles. The van der Waals surface area contributed by atoms with Crippen molar-refractivity contribution in [1.82, 2.24) is 0 Å². The molecule has 2 rings (SSSR count). The van der Waals surface area contributed by atoms with Crippen LogP contribution in [0.5, 0.6) is 0 Å². The summed E-state index contributed by atoms with van der Waals surface area (Å²) in [6, 6.07) is 0. The standard InChI is InChI=1S/C10H15Cl/c11-7-9-6-5-8-3-1-2-4-10(8)9/h9H,1-7H2. The van der Waals surface area contributed by atoms with E-state index < -0.39 is 0 Å². The maximum atomic E-state index is 5.89. The average molecular weight is 171 g/mol. The lowest BCUT2D eigenvalue weighted by atomic mass is 9.90. The zero-order valence-electron chi connectivity index (χ0n) is 6.91. The molecule has 11 heavy (non-hydrogen) atoms. The van der Waals surface area contributed by atoms with Gasteiger partial charge in [-0.2, -0.15) is 0 Å². The van der Waals surface area contributed by atoms with Crippen LogP contribution in [0.25, 0.3) is 0 Å². The summed E-state index contributed by atoms with van der Waals surface area (Å²) >= 11 is 5.89. The van der Waals surface area contributed by atoms with Crippen molar-refractivity contribution in [2.24, 2.45) is 5.92 Å². The summed E-state index contributed by atoms with van der Waals surface area (Å²) in [4.78, 5) is 0. The van der Waals surface area contributed by atoms with E-state index in [0.29, 0.717) is 0 Å². The molecule has 0 N–H and O–H groups in total. The minimum atomic E-state index is 0.756. The van der Waals surface area contributed by atoms with E-state index in [1.165, 1.54) is 38.5 Å². The predicted octanol–water partition coefficient (Wildman–Crippen LogP) is 3.51. The third-order valence-electron chi connectivity index (χ3n) is 3.10. The van der Waals surface area contributed by atoms with Gasteiger partial charge >= 0.3 is 0 Å². The molecule has 0 saturated carbocycles. The molecule has 0 aromatic heterocycles. The molecular weight excluding hydrogens is 156 g/mol. The van der Waals surface area contributed by atoms with Gasteiger partial charge in [-0.1, -0.05) is 11.1 Å². The topological polar surface area (TPSA) is 0 Å². The molecule has 1 heteroatoms. The van der Waals surface area contributed by atoms with E-state index in [4.69, 9.17) is 11.6 Å². The van der Waals surface area contributed by atoms with Crippen molar-refractivity contribution in [2.75, 3.05) is 5.88 Å². The van der Waals surface area contributed by atoms with Gasteiger partial charge in [-0.3, -0.25) is 0 Å². The number of halogens is 1. The van der Waals surface area contributed by atoms with Crippen molar-refractivity contribution in [2.45, 2.75) is 38.5 Å². The van der Waals surface area contributed by atoms with Gasteiger partial charge in [0.05, 0.1) is 0 Å². The highest BCUT2D eigenvalue weighted by Crippen LogP contribution is 2.41. The Hall–Kier alpha value is 0.0300. The quantitative estimate of drug-likeness (QED) is 0.418. The Balaban J connectivity index is 2.15. The lowest BCUT2D eigenvalue weighted by molar-refractivity contribution is 0.618. The van der Waals surface area contributed by atoms with Crippen molar-refractivity contribution < 1.29 is 0 Å². The Morgan fingerprint density at radius 3 is 2.82 bits per heavy atom. The first-order valence-electron chi connectivity index (χ1n) is 4.68. The Bertz CT molecular complexity index is 181. The summed E-state index contributed by atoms with van der Waals surface area (Å²) in [5.74, 6) is 1.62. The van der Waals surface area contributed by atoms with Crippen LogP contribution in [0.2, 0.25) is 0 Å². The first-order valence-corrected chi connectivity index (χ1v) is 5.22. The van der Waals surface area contributed by atoms with E-state index in [0.717, 1.165) is 11.8 Å². The molecule has 0 nitrogen and oxygen atoms in total. The molecule has 2 aliphatic rings. The molecule has 0 aromatic rings. The second kappa shape index (κ2) is 3.18. The molecule has 0 aliphatic heterocycles. The number of alkyl halides is 1. The Morgan fingerprint density at radius 1 is 1.18 bits per heavy atom. The van der Waals surface area contributed by atoms with Crippen LogP contribution < -0.4 is 0 Å². The molecule has 2 aliphatic carbocycles. The molecule has 0 radical (unpaired) electrons. The zero-order valence-corrected chi connectivity index (χ0v) is 7.66. The summed E-state index contributed by atoms with van der Waals surface area (Å²) in [6.45, 7) is 0. The molecule has 62 valence electrons. The Labute approximate surface area is 73.6 Å². The van der Waals surface area contributed by atoms with Crippen LogP contribution in [0.4, 0.5) is 0 Å². The largest absolute Gasteiger partial charge is 0.126 e. The normalized spacial score (nSPS) is 30.8. The summed E-state index contributed by atoms with van der Waals surface area (Å²) in [5.41, 5.74) is 3.51. The molecule has 0 spiro atoms. The van der Waals surface area contributed by atoms with Gasteiger partial charge in [-0.15, -0.1) is 11.6 Å². The van der Waals surface area contributed by atoms with Crippen molar-refractivity contribution in [1.29, 1.82) is 0 Å². The zero-order chi connectivity index (χ0) is 7.68. The van der Waals surface area contributed by atoms with Crippen LogP contribution in [0.15, 0.2) is 11.1 Å². The van der Waals surface area contributed by atoms with Crippen molar-refractivity contribution in [3.8, 4) is 0 Å². The second-order valence-corrected chi connectivity index (χ2v) is 4.03. The molecule has 0 bridgehead atoms. The van der Waals surface area contributed by atoms with E-state index >= 15 is 0 Å². The summed E-state index contributed by atoms with van der Waals surface area (Å²) in [5, 5.41) is 0. The van der Waals surface area contributed by atoms with Gasteiger partial charge in [-0.25, -0.2) is 0 Å². The van der Waals surface area contributed by atoms with Crippen LogP contribution in [0.1, 0.15) is 38.5 Å². The van der Waals surface area contributed by atoms with Crippen molar-refractivity contribution in [3.05, 3.63) is 11.1 Å². The first-order chi connectivity index (χ1) is 5.42. The van der Waals surface area contributed by atoms with Crippen LogP contribution in [-0.2, 0) is 0 Å². The summed E-state index contributed by atoms with van der Waals surface area (Å²) in [6.07, 6.45) is 8.26. The van der Waals surface area contributed by atoms with Crippen LogP contribution in [-0.4, -0.2) is 5.88 Å². The summed E-state index contributed by atoms with van der Waals surface area (Å²) in [7, 11) is 0. The van der Waals surface area contributed by atoms with Crippen LogP contribution in [0, 0.1) is 5.92 Å². The van der Waals surface area contributed by atoms with E-state index in [-0.39, 0.29) is 0 Å². The number of rotatable bonds is 1. The highest BCUT2D eigenvalue weighted by molar-refractivity contribution is 6.18. The van der Waals surface area contributed by atoms with E-state index in [2.05, 4.69) is 0 Å². The van der Waals surface area contributed by atoms with Crippen LogP contribution in [0.3, 0.4) is 0 Å². The lowest BCUT2D eigenvalue weighted by Gasteiger charge is -2.17. The minimum Gasteiger partial charge on any atom is -0.126 e. The van der Waals surface area contributed by atoms with Gasteiger partial charge in [0.2, 0.25) is 0 Å². The number of allylic oxidation sites excluding steroid dienone is 2. The first kappa shape index (κ1) is 7.67. The van der Waals surface area contributed by atoms with E-state index in [1.54, 1.807) is 11.1 Å². The number of hydrogen-bond donors (Lipinski definition) is 0. The van der Waals surface area contributed by atoms with Gasteiger partial charge in [0.25, 0.3) is 0 Å². The molecule has 0 heterocycles. The average Bonchev–Trinajstić information content (AvgIpc) is 2.47. The summed E-state index contributed by atoms with van der Waals surface area (Å²) < 4.78 is 0. The second-order valence-electron chi connectivity index (χ2n) is 3.73. The van der Waals surface area contributed by atoms with Crippen LogP contribution >= 0.6 is 11.6 Å². The smallest absolute Gasteiger partial charge is 0.0289 e. The van der Waals surface area contributed by atoms with Gasteiger partial charge in [0.1, 0.15) is 0 Å². The maximum Gasteiger partial charge on any atom is 0.0289 e. The SMILES string of the molecule is ClCC1CCC2=C1CCCC2. The third kappa shape index (κ3) is 1.33. The fourth-order valence-corrected chi connectivity index (χ4v) is 2.80.